The summed E-state index contributed by atoms with van der Waals surface area (Å²) in [5.41, 5.74) is 3.21. The van der Waals surface area contributed by atoms with Crippen molar-refractivity contribution in [3.05, 3.63) is 64.7 Å². The number of hydrogen-bond acceptors (Lipinski definition) is 2. The molecule has 0 amide bonds. The van der Waals surface area contributed by atoms with Crippen LogP contribution in [0.3, 0.4) is 0 Å². The van der Waals surface area contributed by atoms with E-state index in [1.165, 1.54) is 18.4 Å². The Morgan fingerprint density at radius 1 is 1.00 bits per heavy atom. The van der Waals surface area contributed by atoms with Crippen molar-refractivity contribution < 1.29 is 9.53 Å². The normalized spacial score (nSPS) is 17.3. The van der Waals surface area contributed by atoms with Crippen LogP contribution in [0, 0.1) is 0 Å². The molecule has 1 saturated carbocycles. The first-order valence-electron chi connectivity index (χ1n) is 8.02. The third-order valence-electron chi connectivity index (χ3n) is 4.40. The highest BCUT2D eigenvalue weighted by Crippen LogP contribution is 2.45. The van der Waals surface area contributed by atoms with Crippen LogP contribution < -0.4 is 4.74 Å². The number of ether oxygens (including phenoxy) is 1. The molecule has 4 rings (SSSR count). The lowest BCUT2D eigenvalue weighted by Crippen LogP contribution is -1.99. The zero-order chi connectivity index (χ0) is 15.8. The van der Waals surface area contributed by atoms with Crippen molar-refractivity contribution in [3.63, 3.8) is 0 Å². The Hall–Kier alpha value is -2.06. The summed E-state index contributed by atoms with van der Waals surface area (Å²) in [4.78, 5) is 12.2. The van der Waals surface area contributed by atoms with E-state index in [1.807, 2.05) is 24.3 Å². The summed E-state index contributed by atoms with van der Waals surface area (Å²) in [7, 11) is 0. The molecule has 23 heavy (non-hydrogen) atoms. The van der Waals surface area contributed by atoms with Gasteiger partial charge in [-0.05, 0) is 72.7 Å². The fourth-order valence-electron chi connectivity index (χ4n) is 3.08. The zero-order valence-corrected chi connectivity index (χ0v) is 13.5. The highest BCUT2D eigenvalue weighted by molar-refractivity contribution is 6.30. The SMILES string of the molecule is O=C1CCC=C1c1cc(Oc2ccc(Cl)cc2)ccc1C1CC1. The Kier molecular flexibility index (Phi) is 3.70. The van der Waals surface area contributed by atoms with E-state index in [2.05, 4.69) is 12.1 Å². The second kappa shape index (κ2) is 5.86. The lowest BCUT2D eigenvalue weighted by Gasteiger charge is -2.13. The Bertz CT molecular complexity index is 786. The van der Waals surface area contributed by atoms with Crippen LogP contribution in [-0.2, 0) is 4.79 Å². The fourth-order valence-corrected chi connectivity index (χ4v) is 3.20. The van der Waals surface area contributed by atoms with Gasteiger partial charge in [-0.25, -0.2) is 0 Å². The van der Waals surface area contributed by atoms with Gasteiger partial charge in [0, 0.05) is 17.0 Å². The second-order valence-corrected chi connectivity index (χ2v) is 6.60. The van der Waals surface area contributed by atoms with Crippen molar-refractivity contribution in [2.45, 2.75) is 31.6 Å². The lowest BCUT2D eigenvalue weighted by atomic mass is 9.95. The minimum atomic E-state index is 0.246. The van der Waals surface area contributed by atoms with E-state index in [9.17, 15) is 4.79 Å². The zero-order valence-electron chi connectivity index (χ0n) is 12.7. The number of ketones is 1. The van der Waals surface area contributed by atoms with E-state index < -0.39 is 0 Å². The Balaban J connectivity index is 1.68. The third kappa shape index (κ3) is 3.04. The minimum absolute atomic E-state index is 0.246. The smallest absolute Gasteiger partial charge is 0.163 e. The molecule has 0 unspecified atom stereocenters. The van der Waals surface area contributed by atoms with Gasteiger partial charge in [0.2, 0.25) is 0 Å². The van der Waals surface area contributed by atoms with E-state index in [-0.39, 0.29) is 5.78 Å². The first kappa shape index (κ1) is 14.5. The maximum absolute atomic E-state index is 12.2. The summed E-state index contributed by atoms with van der Waals surface area (Å²) in [5.74, 6) is 2.35. The van der Waals surface area contributed by atoms with E-state index in [0.717, 1.165) is 29.1 Å². The molecule has 116 valence electrons. The number of hydrogen-bond donors (Lipinski definition) is 0. The molecule has 2 nitrogen and oxygen atoms in total. The molecule has 0 atom stereocenters. The molecule has 0 saturated heterocycles. The van der Waals surface area contributed by atoms with Crippen LogP contribution in [0.1, 0.15) is 42.7 Å². The van der Waals surface area contributed by atoms with Crippen LogP contribution in [0.2, 0.25) is 5.02 Å². The molecule has 2 aromatic rings. The van der Waals surface area contributed by atoms with Gasteiger partial charge in [0.05, 0.1) is 0 Å². The molecular formula is C20H17ClO2. The van der Waals surface area contributed by atoms with Crippen LogP contribution >= 0.6 is 11.6 Å². The van der Waals surface area contributed by atoms with Crippen molar-refractivity contribution in [1.29, 1.82) is 0 Å². The van der Waals surface area contributed by atoms with Crippen LogP contribution in [0.25, 0.3) is 5.57 Å². The summed E-state index contributed by atoms with van der Waals surface area (Å²) in [6.07, 6.45) is 5.97. The van der Waals surface area contributed by atoms with Crippen LogP contribution in [0.15, 0.2) is 48.5 Å². The molecule has 3 heteroatoms. The maximum atomic E-state index is 12.2. The second-order valence-electron chi connectivity index (χ2n) is 6.16. The van der Waals surface area contributed by atoms with Gasteiger partial charge in [0.1, 0.15) is 11.5 Å². The van der Waals surface area contributed by atoms with Crippen molar-refractivity contribution in [1.82, 2.24) is 0 Å². The van der Waals surface area contributed by atoms with Crippen molar-refractivity contribution in [3.8, 4) is 11.5 Å². The first-order chi connectivity index (χ1) is 11.2. The van der Waals surface area contributed by atoms with Gasteiger partial charge >= 0.3 is 0 Å². The predicted octanol–water partition coefficient (Wildman–Crippen LogP) is 5.76. The Morgan fingerprint density at radius 2 is 1.74 bits per heavy atom. The largest absolute Gasteiger partial charge is 0.457 e. The van der Waals surface area contributed by atoms with Gasteiger partial charge in [-0.1, -0.05) is 23.7 Å². The van der Waals surface area contributed by atoms with E-state index in [4.69, 9.17) is 16.3 Å². The molecule has 2 aromatic carbocycles. The lowest BCUT2D eigenvalue weighted by molar-refractivity contribution is -0.113. The standard InChI is InChI=1S/C20H17ClO2/c21-14-6-8-15(9-7-14)23-16-10-11-17(13-4-5-13)19(12-16)18-2-1-3-20(18)22/h2,6-13H,1,3-5H2. The summed E-state index contributed by atoms with van der Waals surface area (Å²) < 4.78 is 5.93. The third-order valence-corrected chi connectivity index (χ3v) is 4.65. The van der Waals surface area contributed by atoms with Gasteiger partial charge in [-0.15, -0.1) is 0 Å². The molecule has 0 N–H and O–H groups in total. The molecule has 0 bridgehead atoms. The van der Waals surface area contributed by atoms with Crippen LogP contribution in [0.4, 0.5) is 0 Å². The molecular weight excluding hydrogens is 308 g/mol. The summed E-state index contributed by atoms with van der Waals surface area (Å²) in [6.45, 7) is 0. The monoisotopic (exact) mass is 324 g/mol. The molecule has 0 heterocycles. The minimum Gasteiger partial charge on any atom is -0.457 e. The predicted molar refractivity (Wildman–Crippen MR) is 92.2 cm³/mol. The maximum Gasteiger partial charge on any atom is 0.163 e. The Morgan fingerprint density at radius 3 is 2.39 bits per heavy atom. The first-order valence-corrected chi connectivity index (χ1v) is 8.39. The van der Waals surface area contributed by atoms with Crippen molar-refractivity contribution >= 4 is 23.0 Å². The molecule has 2 aliphatic carbocycles. The molecule has 0 spiro atoms. The van der Waals surface area contributed by atoms with Crippen molar-refractivity contribution in [2.24, 2.45) is 0 Å². The van der Waals surface area contributed by atoms with Gasteiger partial charge in [-0.2, -0.15) is 0 Å². The fraction of sp³-hybridized carbons (Fsp3) is 0.250. The van der Waals surface area contributed by atoms with E-state index in [1.54, 1.807) is 12.1 Å². The summed E-state index contributed by atoms with van der Waals surface area (Å²) >= 11 is 5.90. The average Bonchev–Trinajstić information content (AvgIpc) is 3.31. The number of rotatable bonds is 4. The van der Waals surface area contributed by atoms with Gasteiger partial charge in [0.25, 0.3) is 0 Å². The number of allylic oxidation sites excluding steroid dienone is 2. The summed E-state index contributed by atoms with van der Waals surface area (Å²) in [5, 5.41) is 0.684. The van der Waals surface area contributed by atoms with Gasteiger partial charge in [0.15, 0.2) is 5.78 Å². The van der Waals surface area contributed by atoms with Gasteiger partial charge in [-0.3, -0.25) is 4.79 Å². The van der Waals surface area contributed by atoms with Crippen LogP contribution in [-0.4, -0.2) is 5.78 Å². The van der Waals surface area contributed by atoms with Crippen molar-refractivity contribution in [2.75, 3.05) is 0 Å². The molecule has 1 fully saturated rings. The summed E-state index contributed by atoms with van der Waals surface area (Å²) in [6, 6.07) is 13.4. The quantitative estimate of drug-likeness (QED) is 0.715. The van der Waals surface area contributed by atoms with Gasteiger partial charge < -0.3 is 4.74 Å². The molecule has 2 aliphatic rings. The highest BCUT2D eigenvalue weighted by Gasteiger charge is 2.29. The highest BCUT2D eigenvalue weighted by atomic mass is 35.5. The Labute approximate surface area is 140 Å². The van der Waals surface area contributed by atoms with E-state index >= 15 is 0 Å². The van der Waals surface area contributed by atoms with E-state index in [0.29, 0.717) is 17.4 Å². The number of Topliss-reactive ketones (excluding diaryl/α,β-unsaturated/α-hetero) is 1. The number of halogens is 1. The molecule has 0 radical (unpaired) electrons. The number of carbonyl (C=O) groups is 1. The number of carbonyl (C=O) groups excluding carboxylic acids is 1. The molecule has 0 aromatic heterocycles. The average molecular weight is 325 g/mol. The molecule has 0 aliphatic heterocycles. The number of benzene rings is 2. The topological polar surface area (TPSA) is 26.3 Å². The van der Waals surface area contributed by atoms with Crippen LogP contribution in [0.5, 0.6) is 11.5 Å².